The lowest BCUT2D eigenvalue weighted by Crippen LogP contribution is -2.23. The van der Waals surface area contributed by atoms with Gasteiger partial charge in [-0.3, -0.25) is 13.8 Å². The van der Waals surface area contributed by atoms with Crippen molar-refractivity contribution in [3.05, 3.63) is 29.1 Å². The van der Waals surface area contributed by atoms with E-state index in [0.29, 0.717) is 5.56 Å². The zero-order chi connectivity index (χ0) is 15.0. The number of rotatable bonds is 2. The Balaban J connectivity index is 2.02. The zero-order valence-corrected chi connectivity index (χ0v) is 12.1. The number of phenolic OH excluding ortho intramolecular Hbond substituents is 1. The smallest absolute Gasteiger partial charge is 0.253 e. The van der Waals surface area contributed by atoms with Gasteiger partial charge in [-0.1, -0.05) is 11.6 Å². The van der Waals surface area contributed by atoms with Crippen LogP contribution >= 0.6 is 0 Å². The highest BCUT2D eigenvalue weighted by molar-refractivity contribution is 7.85. The Morgan fingerprint density at radius 2 is 2.05 bits per heavy atom. The molecule has 0 radical (unpaired) electrons. The number of carbonyl (C=O) groups excluding carboxylic acids is 1. The minimum Gasteiger partial charge on any atom is -0.506 e. The highest BCUT2D eigenvalue weighted by Crippen LogP contribution is 2.36. The molecule has 5 nitrogen and oxygen atoms in total. The van der Waals surface area contributed by atoms with Crippen LogP contribution in [0.4, 0.5) is 10.1 Å². The van der Waals surface area contributed by atoms with Crippen LogP contribution in [0, 0.1) is 5.82 Å². The average molecular weight is 310 g/mol. The van der Waals surface area contributed by atoms with Crippen molar-refractivity contribution in [3.8, 4) is 5.75 Å². The molecule has 1 aromatic rings. The number of nitrogens with zero attached hydrogens (tertiary/aromatic N) is 1. The third-order valence-electron chi connectivity index (χ3n) is 3.67. The largest absolute Gasteiger partial charge is 0.506 e. The average Bonchev–Trinajstić information content (AvgIpc) is 3.04. The molecule has 3 rings (SSSR count). The van der Waals surface area contributed by atoms with Gasteiger partial charge in [-0.15, -0.1) is 0 Å². The molecule has 1 aliphatic carbocycles. The summed E-state index contributed by atoms with van der Waals surface area (Å²) in [7, 11) is 0. The van der Waals surface area contributed by atoms with Crippen molar-refractivity contribution < 1.29 is 18.5 Å². The van der Waals surface area contributed by atoms with Gasteiger partial charge < -0.3 is 5.11 Å². The van der Waals surface area contributed by atoms with Crippen LogP contribution in [0.15, 0.2) is 17.7 Å². The topological polar surface area (TPSA) is 69.6 Å². The summed E-state index contributed by atoms with van der Waals surface area (Å²) in [5.74, 6) is -1.45. The highest BCUT2D eigenvalue weighted by atomic mass is 32.2. The second-order valence-corrected chi connectivity index (χ2v) is 6.30. The maximum atomic E-state index is 14.6. The number of aromatic hydroxyl groups is 1. The van der Waals surface area contributed by atoms with E-state index in [9.17, 15) is 18.5 Å². The van der Waals surface area contributed by atoms with Crippen molar-refractivity contribution in [2.75, 3.05) is 10.8 Å². The van der Waals surface area contributed by atoms with Crippen molar-refractivity contribution >= 4 is 28.8 Å². The van der Waals surface area contributed by atoms with Gasteiger partial charge in [0, 0.05) is 5.56 Å². The molecule has 7 heteroatoms. The van der Waals surface area contributed by atoms with E-state index >= 15 is 0 Å². The monoisotopic (exact) mass is 310 g/mol. The van der Waals surface area contributed by atoms with Gasteiger partial charge in [0.05, 0.1) is 0 Å². The summed E-state index contributed by atoms with van der Waals surface area (Å²) in [4.78, 5) is 11.3. The number of anilines is 1. The fourth-order valence-corrected chi connectivity index (χ4v) is 3.59. The Kier molecular flexibility index (Phi) is 3.67. The standard InChI is InChI=1S/C14H15FN2O3S/c15-13-10(7-9-3-1-2-4-9)5-6-11(18)14(13)17-8-12(19)16-21(17)20/h5-7,18H,1-4,8H2,(H,16,19). The van der Waals surface area contributed by atoms with Crippen molar-refractivity contribution in [1.82, 2.24) is 4.72 Å². The van der Waals surface area contributed by atoms with Gasteiger partial charge in [-0.2, -0.15) is 0 Å². The molecule has 2 aliphatic rings. The van der Waals surface area contributed by atoms with Gasteiger partial charge in [-0.05, 0) is 37.8 Å². The van der Waals surface area contributed by atoms with Crippen molar-refractivity contribution in [1.29, 1.82) is 0 Å². The third-order valence-corrected chi connectivity index (χ3v) is 4.78. The summed E-state index contributed by atoms with van der Waals surface area (Å²) >= 11 is -1.86. The van der Waals surface area contributed by atoms with Crippen LogP contribution in [0.1, 0.15) is 31.2 Å². The first-order chi connectivity index (χ1) is 10.1. The summed E-state index contributed by atoms with van der Waals surface area (Å²) in [6.07, 6.45) is 5.89. The van der Waals surface area contributed by atoms with Crippen LogP contribution in [0.5, 0.6) is 5.75 Å². The number of halogens is 1. The Morgan fingerprint density at radius 3 is 2.67 bits per heavy atom. The third kappa shape index (κ3) is 2.65. The Labute approximate surface area is 124 Å². The Hall–Kier alpha value is -1.89. The first-order valence-corrected chi connectivity index (χ1v) is 7.87. The second kappa shape index (κ2) is 5.48. The zero-order valence-electron chi connectivity index (χ0n) is 11.3. The Morgan fingerprint density at radius 1 is 1.33 bits per heavy atom. The SMILES string of the molecule is O=C1CN(c2c(O)ccc(C=C3CCCC3)c2F)S(=O)N1. The molecule has 0 aromatic heterocycles. The molecular weight excluding hydrogens is 295 g/mol. The van der Waals surface area contributed by atoms with Crippen molar-refractivity contribution in [3.63, 3.8) is 0 Å². The van der Waals surface area contributed by atoms with E-state index in [2.05, 4.69) is 4.72 Å². The summed E-state index contributed by atoms with van der Waals surface area (Å²) in [6.45, 7) is -0.239. The lowest BCUT2D eigenvalue weighted by Gasteiger charge is -2.17. The molecule has 1 atom stereocenters. The fraction of sp³-hybridized carbons (Fsp3) is 0.357. The van der Waals surface area contributed by atoms with Crippen LogP contribution in [0.3, 0.4) is 0 Å². The molecule has 1 aromatic carbocycles. The van der Waals surface area contributed by atoms with E-state index in [4.69, 9.17) is 0 Å². The van der Waals surface area contributed by atoms with Crippen molar-refractivity contribution in [2.45, 2.75) is 25.7 Å². The number of hydrogen-bond donors (Lipinski definition) is 2. The molecule has 0 bridgehead atoms. The van der Waals surface area contributed by atoms with Crippen LogP contribution in [-0.2, 0) is 16.0 Å². The lowest BCUT2D eigenvalue weighted by atomic mass is 10.1. The molecule has 21 heavy (non-hydrogen) atoms. The molecule has 1 unspecified atom stereocenters. The molecule has 1 heterocycles. The maximum Gasteiger partial charge on any atom is 0.253 e. The predicted molar refractivity (Wildman–Crippen MR) is 78.1 cm³/mol. The predicted octanol–water partition coefficient (Wildman–Crippen LogP) is 2.00. The quantitative estimate of drug-likeness (QED) is 0.878. The molecule has 2 N–H and O–H groups in total. The molecule has 1 saturated carbocycles. The van der Waals surface area contributed by atoms with E-state index in [1.807, 2.05) is 0 Å². The van der Waals surface area contributed by atoms with Crippen LogP contribution in [-0.4, -0.2) is 21.8 Å². The first kappa shape index (κ1) is 14.1. The van der Waals surface area contributed by atoms with Gasteiger partial charge in [0.15, 0.2) is 5.82 Å². The normalized spacial score (nSPS) is 21.8. The second-order valence-electron chi connectivity index (χ2n) is 5.16. The minimum absolute atomic E-state index is 0.195. The maximum absolute atomic E-state index is 14.6. The lowest BCUT2D eigenvalue weighted by molar-refractivity contribution is -0.117. The van der Waals surface area contributed by atoms with E-state index in [0.717, 1.165) is 30.0 Å². The summed E-state index contributed by atoms with van der Waals surface area (Å²) in [5, 5.41) is 9.87. The highest BCUT2D eigenvalue weighted by Gasteiger charge is 2.31. The van der Waals surface area contributed by atoms with Gasteiger partial charge in [0.25, 0.3) is 5.91 Å². The summed E-state index contributed by atoms with van der Waals surface area (Å²) in [6, 6.07) is 2.85. The minimum atomic E-state index is -1.86. The van der Waals surface area contributed by atoms with Gasteiger partial charge in [0.2, 0.25) is 11.2 Å². The van der Waals surface area contributed by atoms with Crippen LogP contribution in [0.25, 0.3) is 6.08 Å². The van der Waals surface area contributed by atoms with E-state index in [1.165, 1.54) is 17.7 Å². The van der Waals surface area contributed by atoms with Crippen molar-refractivity contribution in [2.24, 2.45) is 0 Å². The van der Waals surface area contributed by atoms with E-state index in [-0.39, 0.29) is 18.0 Å². The number of amides is 1. The number of carbonyl (C=O) groups is 1. The summed E-state index contributed by atoms with van der Waals surface area (Å²) < 4.78 is 29.6. The summed E-state index contributed by atoms with van der Waals surface area (Å²) in [5.41, 5.74) is 1.32. The number of hydrogen-bond acceptors (Lipinski definition) is 3. The fourth-order valence-electron chi connectivity index (χ4n) is 2.65. The van der Waals surface area contributed by atoms with E-state index in [1.54, 1.807) is 6.08 Å². The molecule has 1 aliphatic heterocycles. The Bertz CT molecular complexity index is 652. The van der Waals surface area contributed by atoms with Gasteiger partial charge >= 0.3 is 0 Å². The van der Waals surface area contributed by atoms with Gasteiger partial charge in [-0.25, -0.2) is 8.60 Å². The molecule has 1 amide bonds. The van der Waals surface area contributed by atoms with E-state index < -0.39 is 22.9 Å². The molecule has 0 spiro atoms. The number of phenols is 1. The van der Waals surface area contributed by atoms with Crippen LogP contribution < -0.4 is 9.03 Å². The molecular formula is C14H15FN2O3S. The van der Waals surface area contributed by atoms with Crippen LogP contribution in [0.2, 0.25) is 0 Å². The molecule has 1 saturated heterocycles. The molecule has 112 valence electrons. The number of nitrogens with one attached hydrogen (secondary N) is 1. The van der Waals surface area contributed by atoms with Gasteiger partial charge in [0.1, 0.15) is 18.0 Å². The number of benzene rings is 1. The molecule has 2 fully saturated rings. The first-order valence-electron chi connectivity index (χ1n) is 6.76. The number of allylic oxidation sites excluding steroid dienone is 1.